The lowest BCUT2D eigenvalue weighted by Gasteiger charge is -2.12. The minimum atomic E-state index is -0.328. The molecule has 0 fully saturated rings. The van der Waals surface area contributed by atoms with Crippen LogP contribution in [0.25, 0.3) is 0 Å². The summed E-state index contributed by atoms with van der Waals surface area (Å²) >= 11 is 3.38. The standard InChI is InChI=1S/C14H13BrFNO/c1-8-3-4-10(15)6-13(8)18-14-5-9(2)11(16)7-12(14)17/h3-7H,17H2,1-2H3. The molecule has 2 aromatic rings. The molecule has 0 aliphatic heterocycles. The first-order chi connectivity index (χ1) is 8.47. The van der Waals surface area contributed by atoms with Crippen LogP contribution < -0.4 is 10.5 Å². The average molecular weight is 310 g/mol. The van der Waals surface area contributed by atoms with E-state index in [4.69, 9.17) is 10.5 Å². The maximum atomic E-state index is 13.3. The lowest BCUT2D eigenvalue weighted by molar-refractivity contribution is 0.478. The predicted octanol–water partition coefficient (Wildman–Crippen LogP) is 4.58. The average Bonchev–Trinajstić information content (AvgIpc) is 2.30. The lowest BCUT2D eigenvalue weighted by Crippen LogP contribution is -1.96. The Morgan fingerprint density at radius 3 is 2.50 bits per heavy atom. The number of aryl methyl sites for hydroxylation is 2. The molecule has 0 saturated heterocycles. The maximum Gasteiger partial charge on any atom is 0.150 e. The minimum absolute atomic E-state index is 0.289. The largest absolute Gasteiger partial charge is 0.455 e. The molecule has 0 aliphatic carbocycles. The van der Waals surface area contributed by atoms with Gasteiger partial charge in [0.25, 0.3) is 0 Å². The van der Waals surface area contributed by atoms with Crippen molar-refractivity contribution in [1.82, 2.24) is 0 Å². The SMILES string of the molecule is Cc1cc(Oc2cc(Br)ccc2C)c(N)cc1F. The van der Waals surface area contributed by atoms with E-state index in [1.165, 1.54) is 6.07 Å². The van der Waals surface area contributed by atoms with Crippen LogP contribution in [0.2, 0.25) is 0 Å². The Balaban J connectivity index is 2.40. The van der Waals surface area contributed by atoms with Crippen molar-refractivity contribution < 1.29 is 9.13 Å². The van der Waals surface area contributed by atoms with E-state index in [1.54, 1.807) is 13.0 Å². The van der Waals surface area contributed by atoms with Gasteiger partial charge in [-0.1, -0.05) is 22.0 Å². The van der Waals surface area contributed by atoms with E-state index in [1.807, 2.05) is 25.1 Å². The highest BCUT2D eigenvalue weighted by molar-refractivity contribution is 9.10. The van der Waals surface area contributed by atoms with Crippen molar-refractivity contribution in [3.8, 4) is 11.5 Å². The Labute approximate surface area is 114 Å². The maximum absolute atomic E-state index is 13.3. The Kier molecular flexibility index (Phi) is 3.57. The third-order valence-electron chi connectivity index (χ3n) is 2.66. The first kappa shape index (κ1) is 12.9. The highest BCUT2D eigenvalue weighted by Gasteiger charge is 2.09. The number of nitrogen functional groups attached to an aromatic ring is 1. The van der Waals surface area contributed by atoms with Gasteiger partial charge in [0.05, 0.1) is 5.69 Å². The first-order valence-electron chi connectivity index (χ1n) is 5.47. The monoisotopic (exact) mass is 309 g/mol. The van der Waals surface area contributed by atoms with E-state index >= 15 is 0 Å². The van der Waals surface area contributed by atoms with Gasteiger partial charge in [0.1, 0.15) is 11.6 Å². The van der Waals surface area contributed by atoms with Crippen LogP contribution in [0.15, 0.2) is 34.8 Å². The van der Waals surface area contributed by atoms with E-state index in [9.17, 15) is 4.39 Å². The summed E-state index contributed by atoms with van der Waals surface area (Å²) in [6.45, 7) is 3.61. The van der Waals surface area contributed by atoms with Crippen LogP contribution in [-0.4, -0.2) is 0 Å². The number of nitrogens with two attached hydrogens (primary N) is 1. The molecule has 0 bridgehead atoms. The molecule has 0 heterocycles. The predicted molar refractivity (Wildman–Crippen MR) is 74.5 cm³/mol. The zero-order valence-electron chi connectivity index (χ0n) is 10.1. The fourth-order valence-corrected chi connectivity index (χ4v) is 1.90. The summed E-state index contributed by atoms with van der Waals surface area (Å²) in [6, 6.07) is 8.60. The van der Waals surface area contributed by atoms with E-state index in [0.717, 1.165) is 10.0 Å². The van der Waals surface area contributed by atoms with Crippen LogP contribution in [0.5, 0.6) is 11.5 Å². The summed E-state index contributed by atoms with van der Waals surface area (Å²) in [7, 11) is 0. The molecule has 0 atom stereocenters. The van der Waals surface area contributed by atoms with E-state index in [0.29, 0.717) is 17.1 Å². The van der Waals surface area contributed by atoms with E-state index in [2.05, 4.69) is 15.9 Å². The summed E-state index contributed by atoms with van der Waals surface area (Å²) in [5.74, 6) is 0.836. The first-order valence-corrected chi connectivity index (χ1v) is 6.26. The number of anilines is 1. The van der Waals surface area contributed by atoms with Gasteiger partial charge in [-0.05, 0) is 43.2 Å². The van der Waals surface area contributed by atoms with Crippen molar-refractivity contribution in [3.63, 3.8) is 0 Å². The molecule has 0 amide bonds. The number of rotatable bonds is 2. The molecule has 0 radical (unpaired) electrons. The number of halogens is 2. The molecule has 0 unspecified atom stereocenters. The van der Waals surface area contributed by atoms with Crippen molar-refractivity contribution in [2.45, 2.75) is 13.8 Å². The summed E-state index contributed by atoms with van der Waals surface area (Å²) in [6.07, 6.45) is 0. The zero-order chi connectivity index (χ0) is 13.3. The van der Waals surface area contributed by atoms with Gasteiger partial charge < -0.3 is 10.5 Å². The second-order valence-electron chi connectivity index (χ2n) is 4.15. The van der Waals surface area contributed by atoms with Crippen molar-refractivity contribution in [1.29, 1.82) is 0 Å². The fourth-order valence-electron chi connectivity index (χ4n) is 1.56. The molecule has 0 saturated carbocycles. The van der Waals surface area contributed by atoms with Crippen LogP contribution in [0, 0.1) is 19.7 Å². The molecular formula is C14H13BrFNO. The molecule has 18 heavy (non-hydrogen) atoms. The Morgan fingerprint density at radius 1 is 1.06 bits per heavy atom. The highest BCUT2D eigenvalue weighted by atomic mass is 79.9. The Morgan fingerprint density at radius 2 is 1.78 bits per heavy atom. The molecular weight excluding hydrogens is 297 g/mol. The Bertz CT molecular complexity index is 599. The lowest BCUT2D eigenvalue weighted by atomic mass is 10.2. The fraction of sp³-hybridized carbons (Fsp3) is 0.143. The van der Waals surface area contributed by atoms with Gasteiger partial charge in [-0.2, -0.15) is 0 Å². The summed E-state index contributed by atoms with van der Waals surface area (Å²) in [5.41, 5.74) is 7.53. The summed E-state index contributed by atoms with van der Waals surface area (Å²) in [4.78, 5) is 0. The number of ether oxygens (including phenoxy) is 1. The molecule has 94 valence electrons. The van der Waals surface area contributed by atoms with Crippen LogP contribution in [0.1, 0.15) is 11.1 Å². The molecule has 4 heteroatoms. The normalized spacial score (nSPS) is 10.4. The number of benzene rings is 2. The minimum Gasteiger partial charge on any atom is -0.455 e. The second-order valence-corrected chi connectivity index (χ2v) is 5.07. The number of hydrogen-bond acceptors (Lipinski definition) is 2. The molecule has 0 aliphatic rings. The smallest absolute Gasteiger partial charge is 0.150 e. The van der Waals surface area contributed by atoms with Crippen LogP contribution in [0.4, 0.5) is 10.1 Å². The summed E-state index contributed by atoms with van der Waals surface area (Å²) < 4.78 is 20.0. The molecule has 0 aromatic heterocycles. The third-order valence-corrected chi connectivity index (χ3v) is 3.15. The van der Waals surface area contributed by atoms with E-state index < -0.39 is 0 Å². The second kappa shape index (κ2) is 4.98. The van der Waals surface area contributed by atoms with Gasteiger partial charge in [0, 0.05) is 10.5 Å². The van der Waals surface area contributed by atoms with E-state index in [-0.39, 0.29) is 11.5 Å². The quantitative estimate of drug-likeness (QED) is 0.824. The van der Waals surface area contributed by atoms with Gasteiger partial charge in [-0.25, -0.2) is 4.39 Å². The van der Waals surface area contributed by atoms with Gasteiger partial charge >= 0.3 is 0 Å². The molecule has 2 nitrogen and oxygen atoms in total. The van der Waals surface area contributed by atoms with Crippen molar-refractivity contribution >= 4 is 21.6 Å². The van der Waals surface area contributed by atoms with Crippen molar-refractivity contribution in [2.75, 3.05) is 5.73 Å². The van der Waals surface area contributed by atoms with Gasteiger partial charge in [0.15, 0.2) is 5.75 Å². The molecule has 2 rings (SSSR count). The molecule has 2 aromatic carbocycles. The van der Waals surface area contributed by atoms with Crippen molar-refractivity contribution in [2.24, 2.45) is 0 Å². The number of hydrogen-bond donors (Lipinski definition) is 1. The van der Waals surface area contributed by atoms with Crippen LogP contribution in [-0.2, 0) is 0 Å². The van der Waals surface area contributed by atoms with Crippen LogP contribution >= 0.6 is 15.9 Å². The van der Waals surface area contributed by atoms with Crippen molar-refractivity contribution in [3.05, 3.63) is 51.7 Å². The van der Waals surface area contributed by atoms with Crippen LogP contribution in [0.3, 0.4) is 0 Å². The molecule has 2 N–H and O–H groups in total. The van der Waals surface area contributed by atoms with Gasteiger partial charge in [-0.15, -0.1) is 0 Å². The third kappa shape index (κ3) is 2.64. The Hall–Kier alpha value is -1.55. The highest BCUT2D eigenvalue weighted by Crippen LogP contribution is 2.32. The molecule has 0 spiro atoms. The van der Waals surface area contributed by atoms with Gasteiger partial charge in [0.2, 0.25) is 0 Å². The zero-order valence-corrected chi connectivity index (χ0v) is 11.7. The topological polar surface area (TPSA) is 35.2 Å². The van der Waals surface area contributed by atoms with Gasteiger partial charge in [-0.3, -0.25) is 0 Å². The summed E-state index contributed by atoms with van der Waals surface area (Å²) in [5, 5.41) is 0.